The molecule has 0 aliphatic heterocycles. The minimum absolute atomic E-state index is 0.174. The molecule has 1 heterocycles. The Bertz CT molecular complexity index is 332. The topological polar surface area (TPSA) is 55.1 Å². The summed E-state index contributed by atoms with van der Waals surface area (Å²) in [5.41, 5.74) is 6.90. The van der Waals surface area contributed by atoms with Gasteiger partial charge in [-0.3, -0.25) is 4.79 Å². The third-order valence-electron chi connectivity index (χ3n) is 3.37. The third kappa shape index (κ3) is 7.33. The largest absolute Gasteiger partial charge is 0.356 e. The van der Waals surface area contributed by atoms with Crippen molar-refractivity contribution < 1.29 is 4.79 Å². The fraction of sp³-hybridized carbons (Fsp3) is 0.667. The highest BCUT2D eigenvalue weighted by molar-refractivity contribution is 7.07. The molecule has 108 valence electrons. The lowest BCUT2D eigenvalue weighted by atomic mass is 9.94. The van der Waals surface area contributed by atoms with Crippen molar-refractivity contribution in [2.24, 2.45) is 11.7 Å². The quantitative estimate of drug-likeness (QED) is 0.693. The van der Waals surface area contributed by atoms with Gasteiger partial charge in [0.25, 0.3) is 0 Å². The van der Waals surface area contributed by atoms with Crippen molar-refractivity contribution in [2.45, 2.75) is 45.4 Å². The second-order valence-electron chi connectivity index (χ2n) is 5.00. The highest BCUT2D eigenvalue weighted by Gasteiger charge is 2.09. The first kappa shape index (κ1) is 16.2. The van der Waals surface area contributed by atoms with Gasteiger partial charge in [-0.2, -0.15) is 11.3 Å². The molecule has 0 saturated carbocycles. The minimum Gasteiger partial charge on any atom is -0.356 e. The molecule has 3 nitrogen and oxygen atoms in total. The Morgan fingerprint density at radius 2 is 2.26 bits per heavy atom. The van der Waals surface area contributed by atoms with E-state index < -0.39 is 0 Å². The van der Waals surface area contributed by atoms with Crippen LogP contribution in [0.1, 0.15) is 44.6 Å². The molecule has 0 bridgehead atoms. The SMILES string of the molecule is CCCC(CCN)CCC(=O)NCCc1ccsc1. The van der Waals surface area contributed by atoms with Crippen LogP contribution in [0.25, 0.3) is 0 Å². The average molecular weight is 282 g/mol. The minimum atomic E-state index is 0.174. The first-order chi connectivity index (χ1) is 9.26. The van der Waals surface area contributed by atoms with Gasteiger partial charge in [-0.15, -0.1) is 0 Å². The Morgan fingerprint density at radius 3 is 2.89 bits per heavy atom. The molecule has 0 radical (unpaired) electrons. The monoisotopic (exact) mass is 282 g/mol. The number of nitrogens with one attached hydrogen (secondary N) is 1. The molecule has 1 rings (SSSR count). The highest BCUT2D eigenvalue weighted by atomic mass is 32.1. The molecule has 1 atom stereocenters. The normalized spacial score (nSPS) is 12.3. The molecule has 1 unspecified atom stereocenters. The van der Waals surface area contributed by atoms with Crippen LogP contribution >= 0.6 is 11.3 Å². The summed E-state index contributed by atoms with van der Waals surface area (Å²) in [5, 5.41) is 7.19. The number of rotatable bonds is 10. The van der Waals surface area contributed by atoms with Crippen molar-refractivity contribution in [1.29, 1.82) is 0 Å². The van der Waals surface area contributed by atoms with Crippen molar-refractivity contribution >= 4 is 17.2 Å². The molecule has 0 saturated heterocycles. The van der Waals surface area contributed by atoms with E-state index in [1.165, 1.54) is 18.4 Å². The molecule has 0 aromatic carbocycles. The molecular weight excluding hydrogens is 256 g/mol. The standard InChI is InChI=1S/C15H26N2OS/c1-2-3-13(6-9-16)4-5-15(18)17-10-7-14-8-11-19-12-14/h8,11-13H,2-7,9-10,16H2,1H3,(H,17,18). The van der Waals surface area contributed by atoms with Crippen LogP contribution in [0.2, 0.25) is 0 Å². The number of hydrogen-bond acceptors (Lipinski definition) is 3. The summed E-state index contributed by atoms with van der Waals surface area (Å²) in [5.74, 6) is 0.783. The lowest BCUT2D eigenvalue weighted by Gasteiger charge is -2.14. The average Bonchev–Trinajstić information content (AvgIpc) is 2.90. The van der Waals surface area contributed by atoms with Crippen LogP contribution in [0.5, 0.6) is 0 Å². The lowest BCUT2D eigenvalue weighted by molar-refractivity contribution is -0.121. The Kier molecular flexibility index (Phi) is 8.50. The van der Waals surface area contributed by atoms with E-state index in [-0.39, 0.29) is 5.91 Å². The van der Waals surface area contributed by atoms with Gasteiger partial charge in [0.1, 0.15) is 0 Å². The van der Waals surface area contributed by atoms with Gasteiger partial charge in [-0.25, -0.2) is 0 Å². The predicted octanol–water partition coefficient (Wildman–Crippen LogP) is 2.95. The Morgan fingerprint density at radius 1 is 1.42 bits per heavy atom. The second-order valence-corrected chi connectivity index (χ2v) is 5.78. The van der Waals surface area contributed by atoms with Crippen molar-refractivity contribution in [3.05, 3.63) is 22.4 Å². The molecule has 4 heteroatoms. The van der Waals surface area contributed by atoms with E-state index in [2.05, 4.69) is 29.1 Å². The van der Waals surface area contributed by atoms with Crippen LogP contribution in [0, 0.1) is 5.92 Å². The summed E-state index contributed by atoms with van der Waals surface area (Å²) in [6.07, 6.45) is 5.92. The summed E-state index contributed by atoms with van der Waals surface area (Å²) in [6.45, 7) is 3.65. The lowest BCUT2D eigenvalue weighted by Crippen LogP contribution is -2.26. The van der Waals surface area contributed by atoms with Gasteiger partial charge < -0.3 is 11.1 Å². The van der Waals surface area contributed by atoms with Gasteiger partial charge in [-0.05, 0) is 54.1 Å². The van der Waals surface area contributed by atoms with E-state index in [1.807, 2.05) is 0 Å². The number of carbonyl (C=O) groups excluding carboxylic acids is 1. The first-order valence-corrected chi connectivity index (χ1v) is 8.18. The summed E-state index contributed by atoms with van der Waals surface area (Å²) < 4.78 is 0. The molecule has 0 spiro atoms. The van der Waals surface area contributed by atoms with Crippen molar-refractivity contribution in [1.82, 2.24) is 5.32 Å². The zero-order valence-corrected chi connectivity index (χ0v) is 12.7. The maximum Gasteiger partial charge on any atom is 0.220 e. The Labute approximate surface area is 120 Å². The summed E-state index contributed by atoms with van der Waals surface area (Å²) in [7, 11) is 0. The fourth-order valence-electron chi connectivity index (χ4n) is 2.28. The molecule has 1 aromatic heterocycles. The van der Waals surface area contributed by atoms with Crippen molar-refractivity contribution in [3.63, 3.8) is 0 Å². The van der Waals surface area contributed by atoms with Crippen LogP contribution < -0.4 is 11.1 Å². The molecular formula is C15H26N2OS. The van der Waals surface area contributed by atoms with E-state index >= 15 is 0 Å². The number of nitrogens with two attached hydrogens (primary N) is 1. The zero-order valence-electron chi connectivity index (χ0n) is 11.9. The fourth-order valence-corrected chi connectivity index (χ4v) is 2.98. The second kappa shape index (κ2) is 9.98. The van der Waals surface area contributed by atoms with E-state index in [4.69, 9.17) is 5.73 Å². The number of amides is 1. The van der Waals surface area contributed by atoms with E-state index in [9.17, 15) is 4.79 Å². The van der Waals surface area contributed by atoms with Gasteiger partial charge in [0, 0.05) is 13.0 Å². The Balaban J connectivity index is 2.12. The maximum atomic E-state index is 11.7. The van der Waals surface area contributed by atoms with Crippen LogP contribution in [-0.2, 0) is 11.2 Å². The van der Waals surface area contributed by atoms with Crippen molar-refractivity contribution in [3.8, 4) is 0 Å². The van der Waals surface area contributed by atoms with E-state index in [0.29, 0.717) is 12.3 Å². The van der Waals surface area contributed by atoms with Gasteiger partial charge >= 0.3 is 0 Å². The van der Waals surface area contributed by atoms with Gasteiger partial charge in [-0.1, -0.05) is 19.8 Å². The third-order valence-corrected chi connectivity index (χ3v) is 4.10. The molecule has 1 amide bonds. The Hall–Kier alpha value is -0.870. The molecule has 0 fully saturated rings. The number of thiophene rings is 1. The summed E-state index contributed by atoms with van der Waals surface area (Å²) >= 11 is 1.70. The van der Waals surface area contributed by atoms with Gasteiger partial charge in [0.05, 0.1) is 0 Å². The number of carbonyl (C=O) groups is 1. The zero-order chi connectivity index (χ0) is 13.9. The van der Waals surface area contributed by atoms with Gasteiger partial charge in [0.15, 0.2) is 0 Å². The van der Waals surface area contributed by atoms with Crippen LogP contribution in [-0.4, -0.2) is 19.0 Å². The maximum absolute atomic E-state index is 11.7. The molecule has 3 N–H and O–H groups in total. The van der Waals surface area contributed by atoms with Crippen LogP contribution in [0.15, 0.2) is 16.8 Å². The molecule has 1 aromatic rings. The predicted molar refractivity (Wildman–Crippen MR) is 82.3 cm³/mol. The smallest absolute Gasteiger partial charge is 0.220 e. The van der Waals surface area contributed by atoms with E-state index in [1.54, 1.807) is 11.3 Å². The van der Waals surface area contributed by atoms with E-state index in [0.717, 1.165) is 32.4 Å². The van der Waals surface area contributed by atoms with Gasteiger partial charge in [0.2, 0.25) is 5.91 Å². The van der Waals surface area contributed by atoms with Crippen LogP contribution in [0.3, 0.4) is 0 Å². The molecule has 0 aliphatic rings. The highest BCUT2D eigenvalue weighted by Crippen LogP contribution is 2.16. The molecule has 0 aliphatic carbocycles. The number of hydrogen-bond donors (Lipinski definition) is 2. The summed E-state index contributed by atoms with van der Waals surface area (Å²) in [4.78, 5) is 11.7. The first-order valence-electron chi connectivity index (χ1n) is 7.24. The summed E-state index contributed by atoms with van der Waals surface area (Å²) in [6, 6.07) is 2.11. The molecule has 19 heavy (non-hydrogen) atoms. The van der Waals surface area contributed by atoms with Crippen LogP contribution in [0.4, 0.5) is 0 Å². The van der Waals surface area contributed by atoms with Crippen molar-refractivity contribution in [2.75, 3.05) is 13.1 Å².